The molecule has 1 aliphatic carbocycles. The number of hydrogen-bond acceptors (Lipinski definition) is 4. The lowest BCUT2D eigenvalue weighted by Gasteiger charge is -2.31. The maximum absolute atomic E-state index is 11.8. The Balaban J connectivity index is 1.79. The van der Waals surface area contributed by atoms with Gasteiger partial charge in [-0.05, 0) is 24.3 Å². The third-order valence-corrected chi connectivity index (χ3v) is 4.26. The van der Waals surface area contributed by atoms with E-state index in [1.807, 2.05) is 30.3 Å². The van der Waals surface area contributed by atoms with Crippen molar-refractivity contribution in [1.82, 2.24) is 5.32 Å². The van der Waals surface area contributed by atoms with E-state index in [0.29, 0.717) is 0 Å². The quantitative estimate of drug-likeness (QED) is 0.753. The molecular weight excluding hydrogens is 282 g/mol. The smallest absolute Gasteiger partial charge is 0.407 e. The van der Waals surface area contributed by atoms with Crippen LogP contribution in [-0.4, -0.2) is 35.1 Å². The molecule has 5 nitrogen and oxygen atoms in total. The summed E-state index contributed by atoms with van der Waals surface area (Å²) in [6.45, 7) is -0.123. The fraction of sp³-hybridized carbons (Fsp3) is 0.588. The van der Waals surface area contributed by atoms with Crippen LogP contribution in [0.3, 0.4) is 0 Å². The fourth-order valence-electron chi connectivity index (χ4n) is 2.96. The van der Waals surface area contributed by atoms with Crippen LogP contribution in [0.1, 0.15) is 37.7 Å². The van der Waals surface area contributed by atoms with Gasteiger partial charge in [0.1, 0.15) is 6.61 Å². The second-order valence-electron chi connectivity index (χ2n) is 5.88. The molecule has 2 atom stereocenters. The average Bonchev–Trinajstić information content (AvgIpc) is 2.59. The molecular formula is C17H25NO4. The van der Waals surface area contributed by atoms with Crippen LogP contribution in [0.15, 0.2) is 30.3 Å². The van der Waals surface area contributed by atoms with Crippen LogP contribution in [0, 0.1) is 5.92 Å². The van der Waals surface area contributed by atoms with Gasteiger partial charge in [0.05, 0.1) is 18.8 Å². The van der Waals surface area contributed by atoms with Crippen molar-refractivity contribution in [3.8, 4) is 0 Å². The summed E-state index contributed by atoms with van der Waals surface area (Å²) in [5.74, 6) is 0.139. The fourth-order valence-corrected chi connectivity index (χ4v) is 2.96. The van der Waals surface area contributed by atoms with Crippen molar-refractivity contribution in [3.05, 3.63) is 35.9 Å². The summed E-state index contributed by atoms with van der Waals surface area (Å²) < 4.78 is 5.13. The van der Waals surface area contributed by atoms with E-state index in [-0.39, 0.29) is 19.1 Å². The highest BCUT2D eigenvalue weighted by molar-refractivity contribution is 5.67. The van der Waals surface area contributed by atoms with E-state index in [2.05, 4.69) is 5.32 Å². The minimum Gasteiger partial charge on any atom is -0.445 e. The molecule has 122 valence electrons. The van der Waals surface area contributed by atoms with Crippen molar-refractivity contribution in [1.29, 1.82) is 0 Å². The summed E-state index contributed by atoms with van der Waals surface area (Å²) in [7, 11) is 0. The summed E-state index contributed by atoms with van der Waals surface area (Å²) in [6, 6.07) is 8.71. The molecule has 0 spiro atoms. The Morgan fingerprint density at radius 2 is 1.91 bits per heavy atom. The number of ether oxygens (including phenoxy) is 1. The zero-order valence-corrected chi connectivity index (χ0v) is 12.8. The van der Waals surface area contributed by atoms with E-state index in [0.717, 1.165) is 31.2 Å². The van der Waals surface area contributed by atoms with Crippen molar-refractivity contribution in [2.75, 3.05) is 6.61 Å². The predicted molar refractivity (Wildman–Crippen MR) is 83.2 cm³/mol. The third-order valence-electron chi connectivity index (χ3n) is 4.26. The molecule has 0 radical (unpaired) electrons. The summed E-state index contributed by atoms with van der Waals surface area (Å²) in [6.07, 6.45) is 3.93. The van der Waals surface area contributed by atoms with Gasteiger partial charge in [0.2, 0.25) is 0 Å². The van der Waals surface area contributed by atoms with Gasteiger partial charge in [-0.1, -0.05) is 49.6 Å². The second kappa shape index (κ2) is 8.76. The van der Waals surface area contributed by atoms with Gasteiger partial charge in [-0.25, -0.2) is 4.79 Å². The number of hydrogen-bond donors (Lipinski definition) is 3. The van der Waals surface area contributed by atoms with Crippen LogP contribution in [0.4, 0.5) is 4.79 Å². The number of carbonyl (C=O) groups is 1. The van der Waals surface area contributed by atoms with Crippen molar-refractivity contribution in [2.45, 2.75) is 50.9 Å². The second-order valence-corrected chi connectivity index (χ2v) is 5.88. The number of nitrogens with one attached hydrogen (secondary N) is 1. The molecule has 1 fully saturated rings. The Labute approximate surface area is 131 Å². The molecule has 1 aromatic rings. The monoisotopic (exact) mass is 307 g/mol. The third kappa shape index (κ3) is 5.00. The van der Waals surface area contributed by atoms with E-state index in [9.17, 15) is 15.0 Å². The van der Waals surface area contributed by atoms with Crippen molar-refractivity contribution < 1.29 is 19.7 Å². The molecule has 0 aromatic heterocycles. The Kier molecular flexibility index (Phi) is 6.68. The van der Waals surface area contributed by atoms with E-state index in [1.54, 1.807) is 0 Å². The van der Waals surface area contributed by atoms with Gasteiger partial charge in [-0.15, -0.1) is 0 Å². The Morgan fingerprint density at radius 3 is 2.55 bits per heavy atom. The van der Waals surface area contributed by atoms with Gasteiger partial charge in [-0.3, -0.25) is 0 Å². The van der Waals surface area contributed by atoms with Crippen LogP contribution in [0.2, 0.25) is 0 Å². The Morgan fingerprint density at radius 1 is 1.23 bits per heavy atom. The molecule has 1 aliphatic rings. The standard InChI is InChI=1S/C17H25NO4/c19-11-15(16(20)14-9-5-2-6-10-14)18-17(21)22-12-13-7-3-1-4-8-13/h1,3-4,7-8,14-16,19-20H,2,5-6,9-12H2,(H,18,21)/t15-,16-/m0/s1. The zero-order valence-electron chi connectivity index (χ0n) is 12.8. The van der Waals surface area contributed by atoms with Crippen molar-refractivity contribution in [2.24, 2.45) is 5.92 Å². The highest BCUT2D eigenvalue weighted by Gasteiger charge is 2.29. The number of alkyl carbamates (subject to hydrolysis) is 1. The number of amides is 1. The SMILES string of the molecule is O=C(N[C@@H](CO)[C@@H](O)C1CCCCC1)OCc1ccccc1. The van der Waals surface area contributed by atoms with E-state index in [1.165, 1.54) is 6.42 Å². The minimum atomic E-state index is -0.727. The maximum Gasteiger partial charge on any atom is 0.407 e. The molecule has 0 bridgehead atoms. The molecule has 1 saturated carbocycles. The van der Waals surface area contributed by atoms with Gasteiger partial charge in [0, 0.05) is 0 Å². The summed E-state index contributed by atoms with van der Waals surface area (Å²) in [5.41, 5.74) is 0.894. The lowest BCUT2D eigenvalue weighted by atomic mass is 9.83. The first-order chi connectivity index (χ1) is 10.7. The van der Waals surface area contributed by atoms with E-state index in [4.69, 9.17) is 4.74 Å². The first-order valence-electron chi connectivity index (χ1n) is 7.97. The molecule has 3 N–H and O–H groups in total. The first-order valence-corrected chi connectivity index (χ1v) is 7.97. The number of aliphatic hydroxyl groups excluding tert-OH is 2. The Hall–Kier alpha value is -1.59. The van der Waals surface area contributed by atoms with Crippen molar-refractivity contribution in [3.63, 3.8) is 0 Å². The molecule has 22 heavy (non-hydrogen) atoms. The molecule has 1 aromatic carbocycles. The lowest BCUT2D eigenvalue weighted by Crippen LogP contribution is -2.49. The topological polar surface area (TPSA) is 78.8 Å². The number of carbonyl (C=O) groups excluding carboxylic acids is 1. The van der Waals surface area contributed by atoms with Gasteiger partial charge in [0.15, 0.2) is 0 Å². The summed E-state index contributed by atoms with van der Waals surface area (Å²) in [5, 5.41) is 22.3. The van der Waals surface area contributed by atoms with Crippen LogP contribution >= 0.6 is 0 Å². The number of aliphatic hydroxyl groups is 2. The highest BCUT2D eigenvalue weighted by atomic mass is 16.5. The zero-order chi connectivity index (χ0) is 15.8. The Bertz CT molecular complexity index is 445. The normalized spacial score (nSPS) is 18.5. The van der Waals surface area contributed by atoms with Gasteiger partial charge in [0.25, 0.3) is 0 Å². The molecule has 0 heterocycles. The predicted octanol–water partition coefficient (Wildman–Crippen LogP) is 2.21. The lowest BCUT2D eigenvalue weighted by molar-refractivity contribution is 0.0264. The summed E-state index contributed by atoms with van der Waals surface area (Å²) >= 11 is 0. The molecule has 2 rings (SSSR count). The van der Waals surface area contributed by atoms with Gasteiger partial charge < -0.3 is 20.3 Å². The van der Waals surface area contributed by atoms with Gasteiger partial charge >= 0.3 is 6.09 Å². The molecule has 0 unspecified atom stereocenters. The van der Waals surface area contributed by atoms with Crippen LogP contribution in [-0.2, 0) is 11.3 Å². The number of benzene rings is 1. The maximum atomic E-state index is 11.8. The van der Waals surface area contributed by atoms with Crippen molar-refractivity contribution >= 4 is 6.09 Å². The summed E-state index contributed by atoms with van der Waals surface area (Å²) in [4.78, 5) is 11.8. The van der Waals surface area contributed by atoms with Crippen LogP contribution < -0.4 is 5.32 Å². The number of rotatable bonds is 6. The molecule has 0 aliphatic heterocycles. The molecule has 5 heteroatoms. The minimum absolute atomic E-state index is 0.139. The largest absolute Gasteiger partial charge is 0.445 e. The molecule has 1 amide bonds. The van der Waals surface area contributed by atoms with Crippen LogP contribution in [0.5, 0.6) is 0 Å². The molecule has 0 saturated heterocycles. The highest BCUT2D eigenvalue weighted by Crippen LogP contribution is 2.27. The average molecular weight is 307 g/mol. The van der Waals surface area contributed by atoms with Crippen LogP contribution in [0.25, 0.3) is 0 Å². The van der Waals surface area contributed by atoms with E-state index >= 15 is 0 Å². The van der Waals surface area contributed by atoms with Gasteiger partial charge in [-0.2, -0.15) is 0 Å². The van der Waals surface area contributed by atoms with E-state index < -0.39 is 18.2 Å². The first kappa shape index (κ1) is 16.8.